The largest absolute Gasteiger partial charge is 0.477 e. The Morgan fingerprint density at radius 2 is 2.05 bits per heavy atom. The summed E-state index contributed by atoms with van der Waals surface area (Å²) in [6.07, 6.45) is 0.760. The highest BCUT2D eigenvalue weighted by molar-refractivity contribution is 9.11. The summed E-state index contributed by atoms with van der Waals surface area (Å²) >= 11 is 4.02. The van der Waals surface area contributed by atoms with Crippen LogP contribution in [0.5, 0.6) is 0 Å². The molecule has 118 valence electrons. The number of rotatable bonds is 4. The van der Waals surface area contributed by atoms with Crippen LogP contribution in [-0.4, -0.2) is 48.1 Å². The number of nitrogens with zero attached hydrogens (tertiary/aromatic N) is 1. The van der Waals surface area contributed by atoms with Gasteiger partial charge in [0.15, 0.2) is 0 Å². The highest BCUT2D eigenvalue weighted by Crippen LogP contribution is 2.35. The van der Waals surface area contributed by atoms with Crippen LogP contribution in [0.15, 0.2) is 14.7 Å². The molecule has 1 aromatic rings. The Balaban J connectivity index is 2.21. The first-order valence-corrected chi connectivity index (χ1v) is 9.49. The van der Waals surface area contributed by atoms with Gasteiger partial charge in [-0.05, 0) is 47.7 Å². The summed E-state index contributed by atoms with van der Waals surface area (Å²) in [5.74, 6) is -1.04. The van der Waals surface area contributed by atoms with Gasteiger partial charge in [-0.1, -0.05) is 0 Å². The number of hydrogen-bond donors (Lipinski definition) is 2. The molecule has 1 atom stereocenters. The quantitative estimate of drug-likeness (QED) is 0.809. The molecule has 6 nitrogen and oxygen atoms in total. The number of halogens is 1. The van der Waals surface area contributed by atoms with E-state index in [4.69, 9.17) is 5.11 Å². The minimum atomic E-state index is -3.70. The number of carboxylic acids is 1. The number of hydrogen-bond acceptors (Lipinski definition) is 5. The standard InChI is InChI=1S/C12H16BrNO5S2/c1-7(15)8-2-4-14(5-3-8)21(18,19)10-6-9(12(16)17)20-11(10)13/h6-8,15H,2-5H2,1H3,(H,16,17). The molecule has 1 aromatic heterocycles. The van der Waals surface area contributed by atoms with Crippen molar-refractivity contribution in [2.45, 2.75) is 30.8 Å². The van der Waals surface area contributed by atoms with Crippen molar-refractivity contribution in [3.63, 3.8) is 0 Å². The second kappa shape index (κ2) is 6.33. The van der Waals surface area contributed by atoms with Gasteiger partial charge in [0.05, 0.1) is 9.89 Å². The van der Waals surface area contributed by atoms with Crippen LogP contribution < -0.4 is 0 Å². The van der Waals surface area contributed by atoms with Crippen molar-refractivity contribution >= 4 is 43.3 Å². The molecule has 2 N–H and O–H groups in total. The number of carboxylic acid groups (broad SMARTS) is 1. The van der Waals surface area contributed by atoms with Crippen LogP contribution in [0.4, 0.5) is 0 Å². The Morgan fingerprint density at radius 1 is 1.48 bits per heavy atom. The van der Waals surface area contributed by atoms with Gasteiger partial charge in [0, 0.05) is 13.1 Å². The molecular formula is C12H16BrNO5S2. The van der Waals surface area contributed by atoms with Gasteiger partial charge in [0.2, 0.25) is 10.0 Å². The maximum atomic E-state index is 12.6. The molecule has 0 amide bonds. The van der Waals surface area contributed by atoms with Crippen molar-refractivity contribution in [2.24, 2.45) is 5.92 Å². The molecule has 2 rings (SSSR count). The molecule has 0 radical (unpaired) electrons. The number of piperidine rings is 1. The predicted molar refractivity (Wildman–Crippen MR) is 82.1 cm³/mol. The third kappa shape index (κ3) is 3.48. The second-order valence-electron chi connectivity index (χ2n) is 5.04. The molecular weight excluding hydrogens is 382 g/mol. The lowest BCUT2D eigenvalue weighted by Crippen LogP contribution is -2.40. The van der Waals surface area contributed by atoms with Gasteiger partial charge in [0.1, 0.15) is 9.77 Å². The molecule has 1 unspecified atom stereocenters. The maximum absolute atomic E-state index is 12.6. The lowest BCUT2D eigenvalue weighted by atomic mass is 9.93. The van der Waals surface area contributed by atoms with Crippen LogP contribution in [0.3, 0.4) is 0 Å². The van der Waals surface area contributed by atoms with Crippen molar-refractivity contribution in [2.75, 3.05) is 13.1 Å². The predicted octanol–water partition coefficient (Wildman–Crippen LogP) is 1.99. The molecule has 1 aliphatic heterocycles. The number of aliphatic hydroxyl groups is 1. The van der Waals surface area contributed by atoms with Gasteiger partial charge < -0.3 is 10.2 Å². The minimum Gasteiger partial charge on any atom is -0.477 e. The van der Waals surface area contributed by atoms with E-state index in [9.17, 15) is 18.3 Å². The van der Waals surface area contributed by atoms with Gasteiger partial charge in [-0.15, -0.1) is 11.3 Å². The Morgan fingerprint density at radius 3 is 2.48 bits per heavy atom. The third-order valence-corrected chi connectivity index (χ3v) is 7.80. The van der Waals surface area contributed by atoms with Crippen LogP contribution in [0, 0.1) is 5.92 Å². The van der Waals surface area contributed by atoms with Crippen LogP contribution in [0.1, 0.15) is 29.4 Å². The number of aromatic carboxylic acids is 1. The number of aliphatic hydroxyl groups excluding tert-OH is 1. The molecule has 0 saturated carbocycles. The van der Waals surface area contributed by atoms with Crippen molar-refractivity contribution in [3.05, 3.63) is 14.7 Å². The molecule has 2 heterocycles. The zero-order valence-corrected chi connectivity index (χ0v) is 14.5. The second-order valence-corrected chi connectivity index (χ2v) is 9.31. The first-order chi connectivity index (χ1) is 9.73. The van der Waals surface area contributed by atoms with E-state index in [1.807, 2.05) is 0 Å². The summed E-state index contributed by atoms with van der Waals surface area (Å²) in [6.45, 7) is 2.38. The summed E-state index contributed by atoms with van der Waals surface area (Å²) in [7, 11) is -3.70. The first kappa shape index (κ1) is 16.9. The number of thiophene rings is 1. The van der Waals surface area contributed by atoms with Crippen LogP contribution in [-0.2, 0) is 10.0 Å². The lowest BCUT2D eigenvalue weighted by Gasteiger charge is -2.32. The molecule has 0 spiro atoms. The molecule has 0 aliphatic carbocycles. The van der Waals surface area contributed by atoms with Crippen molar-refractivity contribution in [1.29, 1.82) is 0 Å². The van der Waals surface area contributed by atoms with Crippen LogP contribution in [0.2, 0.25) is 0 Å². The van der Waals surface area contributed by atoms with Crippen molar-refractivity contribution in [3.8, 4) is 0 Å². The molecule has 9 heteroatoms. The van der Waals surface area contributed by atoms with Gasteiger partial charge in [-0.25, -0.2) is 13.2 Å². The van der Waals surface area contributed by atoms with Crippen LogP contribution >= 0.6 is 27.3 Å². The van der Waals surface area contributed by atoms with E-state index in [-0.39, 0.29) is 15.7 Å². The summed E-state index contributed by atoms with van der Waals surface area (Å²) < 4.78 is 26.8. The lowest BCUT2D eigenvalue weighted by molar-refractivity contribution is 0.0702. The SMILES string of the molecule is CC(O)C1CCN(S(=O)(=O)c2cc(C(=O)O)sc2Br)CC1. The molecule has 1 saturated heterocycles. The monoisotopic (exact) mass is 397 g/mol. The topological polar surface area (TPSA) is 94.9 Å². The van der Waals surface area contributed by atoms with Crippen molar-refractivity contribution in [1.82, 2.24) is 4.31 Å². The van der Waals surface area contributed by atoms with Crippen LogP contribution in [0.25, 0.3) is 0 Å². The summed E-state index contributed by atoms with van der Waals surface area (Å²) in [4.78, 5) is 10.9. The fraction of sp³-hybridized carbons (Fsp3) is 0.583. The maximum Gasteiger partial charge on any atom is 0.345 e. The zero-order valence-electron chi connectivity index (χ0n) is 11.3. The van der Waals surface area contributed by atoms with E-state index >= 15 is 0 Å². The summed E-state index contributed by atoms with van der Waals surface area (Å²) in [5, 5.41) is 18.5. The molecule has 0 aromatic carbocycles. The smallest absolute Gasteiger partial charge is 0.345 e. The molecule has 1 fully saturated rings. The molecule has 21 heavy (non-hydrogen) atoms. The van der Waals surface area contributed by atoms with E-state index in [1.54, 1.807) is 6.92 Å². The first-order valence-electron chi connectivity index (χ1n) is 6.44. The average Bonchev–Trinajstić information content (AvgIpc) is 2.82. The highest BCUT2D eigenvalue weighted by atomic mass is 79.9. The van der Waals surface area contributed by atoms with E-state index in [0.29, 0.717) is 29.7 Å². The number of sulfonamides is 1. The zero-order chi connectivity index (χ0) is 15.8. The minimum absolute atomic E-state index is 0.000368. The van der Waals surface area contributed by atoms with Gasteiger partial charge in [-0.2, -0.15) is 4.31 Å². The van der Waals surface area contributed by atoms with E-state index < -0.39 is 22.1 Å². The van der Waals surface area contributed by atoms with Gasteiger partial charge in [0.25, 0.3) is 0 Å². The Kier molecular flexibility index (Phi) is 5.09. The Hall–Kier alpha value is -0.480. The van der Waals surface area contributed by atoms with E-state index in [1.165, 1.54) is 10.4 Å². The number of carbonyl (C=O) groups is 1. The Labute approximate surface area is 135 Å². The van der Waals surface area contributed by atoms with E-state index in [2.05, 4.69) is 15.9 Å². The fourth-order valence-corrected chi connectivity index (χ4v) is 6.19. The van der Waals surface area contributed by atoms with E-state index in [0.717, 1.165) is 11.3 Å². The summed E-state index contributed by atoms with van der Waals surface area (Å²) in [6, 6.07) is 1.19. The summed E-state index contributed by atoms with van der Waals surface area (Å²) in [5.41, 5.74) is 0. The fourth-order valence-electron chi connectivity index (χ4n) is 2.37. The molecule has 1 aliphatic rings. The van der Waals surface area contributed by atoms with Gasteiger partial charge in [-0.3, -0.25) is 0 Å². The normalized spacial score (nSPS) is 19.6. The van der Waals surface area contributed by atoms with Crippen molar-refractivity contribution < 1.29 is 23.4 Å². The third-order valence-electron chi connectivity index (χ3n) is 3.66. The van der Waals surface area contributed by atoms with Gasteiger partial charge >= 0.3 is 5.97 Å². The Bertz CT molecular complexity index is 632. The average molecular weight is 398 g/mol. The molecule has 0 bridgehead atoms. The highest BCUT2D eigenvalue weighted by Gasteiger charge is 2.33.